The van der Waals surface area contributed by atoms with Crippen molar-refractivity contribution < 1.29 is 0 Å². The number of pyridine rings is 1. The lowest BCUT2D eigenvalue weighted by molar-refractivity contribution is 0.497. The van der Waals surface area contributed by atoms with Crippen molar-refractivity contribution in [3.8, 4) is 0 Å². The fraction of sp³-hybridized carbons (Fsp3) is 0.583. The van der Waals surface area contributed by atoms with Crippen LogP contribution < -0.4 is 11.3 Å². The summed E-state index contributed by atoms with van der Waals surface area (Å²) in [5.41, 5.74) is 4.09. The minimum Gasteiger partial charge on any atom is -0.271 e. The van der Waals surface area contributed by atoms with Crippen molar-refractivity contribution in [2.75, 3.05) is 11.5 Å². The molecule has 0 radical (unpaired) electrons. The van der Waals surface area contributed by atoms with Gasteiger partial charge in [0.15, 0.2) is 0 Å². The molecule has 0 spiro atoms. The van der Waals surface area contributed by atoms with E-state index in [1.54, 1.807) is 0 Å². The van der Waals surface area contributed by atoms with Crippen LogP contribution in [-0.2, 0) is 6.42 Å². The molecule has 3 atom stereocenters. The van der Waals surface area contributed by atoms with Crippen LogP contribution in [0.1, 0.15) is 12.6 Å². The molecule has 0 aliphatic carbocycles. The zero-order valence-corrected chi connectivity index (χ0v) is 11.6. The lowest BCUT2D eigenvalue weighted by atomic mass is 10.1. The number of hydrogen-bond acceptors (Lipinski definition) is 5. The van der Waals surface area contributed by atoms with E-state index >= 15 is 0 Å². The minimum atomic E-state index is 0.303. The Morgan fingerprint density at radius 2 is 2.29 bits per heavy atom. The van der Waals surface area contributed by atoms with Crippen LogP contribution in [0.4, 0.5) is 0 Å². The van der Waals surface area contributed by atoms with Gasteiger partial charge in [0.2, 0.25) is 0 Å². The van der Waals surface area contributed by atoms with Crippen molar-refractivity contribution in [3.63, 3.8) is 0 Å². The molecule has 2 rings (SSSR count). The number of hydrogen-bond donors (Lipinski definition) is 2. The molecule has 3 nitrogen and oxygen atoms in total. The van der Waals surface area contributed by atoms with Crippen molar-refractivity contribution in [1.82, 2.24) is 10.4 Å². The van der Waals surface area contributed by atoms with Crippen molar-refractivity contribution in [3.05, 3.63) is 30.1 Å². The zero-order valence-electron chi connectivity index (χ0n) is 10.0. The second-order valence-corrected chi connectivity index (χ2v) is 6.98. The molecule has 1 aliphatic rings. The number of nitrogens with one attached hydrogen (secondary N) is 1. The Kier molecular flexibility index (Phi) is 5.16. The number of thioether (sulfide) groups is 2. The maximum Gasteiger partial charge on any atom is 0.0420 e. The number of hydrazine groups is 1. The molecular weight excluding hydrogens is 250 g/mol. The van der Waals surface area contributed by atoms with Crippen LogP contribution in [0.2, 0.25) is 0 Å². The van der Waals surface area contributed by atoms with E-state index in [1.807, 2.05) is 41.9 Å². The van der Waals surface area contributed by atoms with Gasteiger partial charge in [-0.25, -0.2) is 0 Å². The van der Waals surface area contributed by atoms with Gasteiger partial charge in [0.25, 0.3) is 0 Å². The van der Waals surface area contributed by atoms with Crippen LogP contribution >= 0.6 is 23.5 Å². The quantitative estimate of drug-likeness (QED) is 0.643. The molecule has 0 bridgehead atoms. The predicted octanol–water partition coefficient (Wildman–Crippen LogP) is 1.69. The van der Waals surface area contributed by atoms with Gasteiger partial charge >= 0.3 is 0 Å². The van der Waals surface area contributed by atoms with Crippen LogP contribution in [0, 0.1) is 0 Å². The molecule has 1 aromatic heterocycles. The van der Waals surface area contributed by atoms with Gasteiger partial charge in [-0.15, -0.1) is 0 Å². The van der Waals surface area contributed by atoms with E-state index < -0.39 is 0 Å². The molecule has 17 heavy (non-hydrogen) atoms. The van der Waals surface area contributed by atoms with E-state index in [2.05, 4.69) is 23.4 Å². The Hall–Kier alpha value is -0.230. The second-order valence-electron chi connectivity index (χ2n) is 4.21. The number of nitrogens with zero attached hydrogens (tertiary/aromatic N) is 1. The van der Waals surface area contributed by atoms with Gasteiger partial charge < -0.3 is 0 Å². The normalized spacial score (nSPS) is 26.7. The largest absolute Gasteiger partial charge is 0.271 e. The number of rotatable bonds is 4. The maximum absolute atomic E-state index is 5.71. The van der Waals surface area contributed by atoms with Crippen LogP contribution in [0.25, 0.3) is 0 Å². The monoisotopic (exact) mass is 269 g/mol. The first-order chi connectivity index (χ1) is 8.31. The summed E-state index contributed by atoms with van der Waals surface area (Å²) in [6.07, 6.45) is 2.75. The number of nitrogens with two attached hydrogens (primary N) is 1. The Morgan fingerprint density at radius 1 is 1.47 bits per heavy atom. The molecule has 3 unspecified atom stereocenters. The van der Waals surface area contributed by atoms with Gasteiger partial charge in [-0.05, 0) is 12.1 Å². The van der Waals surface area contributed by atoms with Crippen LogP contribution in [0.15, 0.2) is 24.4 Å². The minimum absolute atomic E-state index is 0.303. The molecule has 94 valence electrons. The predicted molar refractivity (Wildman–Crippen MR) is 77.2 cm³/mol. The first kappa shape index (κ1) is 13.2. The molecule has 1 aromatic rings. The van der Waals surface area contributed by atoms with E-state index in [0.29, 0.717) is 16.5 Å². The SMILES string of the molecule is CC1SCCSC1C(Cc1ccccn1)NN. The molecule has 1 aliphatic heterocycles. The van der Waals surface area contributed by atoms with Gasteiger partial charge in [0.1, 0.15) is 0 Å². The Labute approximate surface area is 111 Å². The molecule has 2 heterocycles. The lowest BCUT2D eigenvalue weighted by Gasteiger charge is -2.34. The highest BCUT2D eigenvalue weighted by Gasteiger charge is 2.29. The van der Waals surface area contributed by atoms with Crippen LogP contribution in [0.5, 0.6) is 0 Å². The summed E-state index contributed by atoms with van der Waals surface area (Å²) in [5, 5.41) is 1.22. The summed E-state index contributed by atoms with van der Waals surface area (Å²) in [5.74, 6) is 8.19. The Balaban J connectivity index is 2.00. The third-order valence-corrected chi connectivity index (χ3v) is 6.25. The van der Waals surface area contributed by atoms with E-state index in [1.165, 1.54) is 11.5 Å². The highest BCUT2D eigenvalue weighted by molar-refractivity contribution is 8.07. The molecule has 1 saturated heterocycles. The summed E-state index contributed by atoms with van der Waals surface area (Å²) in [4.78, 5) is 4.37. The first-order valence-electron chi connectivity index (χ1n) is 5.90. The van der Waals surface area contributed by atoms with Crippen LogP contribution in [0.3, 0.4) is 0 Å². The van der Waals surface area contributed by atoms with E-state index in [-0.39, 0.29) is 0 Å². The van der Waals surface area contributed by atoms with Crippen molar-refractivity contribution >= 4 is 23.5 Å². The van der Waals surface area contributed by atoms with Gasteiger partial charge in [0.05, 0.1) is 0 Å². The summed E-state index contributed by atoms with van der Waals surface area (Å²) in [6, 6.07) is 6.35. The maximum atomic E-state index is 5.71. The first-order valence-corrected chi connectivity index (χ1v) is 8.00. The standard InChI is InChI=1S/C12H19N3S2/c1-9-12(17-7-6-16-9)11(15-13)8-10-4-2-3-5-14-10/h2-5,9,11-12,15H,6-8,13H2,1H3. The average Bonchev–Trinajstić information content (AvgIpc) is 2.38. The van der Waals surface area contributed by atoms with E-state index in [0.717, 1.165) is 12.1 Å². The molecule has 1 fully saturated rings. The summed E-state index contributed by atoms with van der Waals surface area (Å²) < 4.78 is 0. The van der Waals surface area contributed by atoms with E-state index in [9.17, 15) is 0 Å². The molecule has 0 saturated carbocycles. The third kappa shape index (κ3) is 3.61. The fourth-order valence-corrected chi connectivity index (χ4v) is 5.05. The van der Waals surface area contributed by atoms with Gasteiger partial charge in [-0.2, -0.15) is 23.5 Å². The average molecular weight is 269 g/mol. The lowest BCUT2D eigenvalue weighted by Crippen LogP contribution is -2.48. The summed E-state index contributed by atoms with van der Waals surface area (Å²) in [6.45, 7) is 2.30. The molecule has 0 aromatic carbocycles. The van der Waals surface area contributed by atoms with Gasteiger partial charge in [-0.1, -0.05) is 13.0 Å². The summed E-state index contributed by atoms with van der Waals surface area (Å²) in [7, 11) is 0. The number of aromatic nitrogens is 1. The molecule has 5 heteroatoms. The van der Waals surface area contributed by atoms with Gasteiger partial charge in [-0.3, -0.25) is 16.3 Å². The van der Waals surface area contributed by atoms with Crippen molar-refractivity contribution in [1.29, 1.82) is 0 Å². The van der Waals surface area contributed by atoms with Crippen LogP contribution in [-0.4, -0.2) is 33.0 Å². The van der Waals surface area contributed by atoms with E-state index in [4.69, 9.17) is 5.84 Å². The highest BCUT2D eigenvalue weighted by Crippen LogP contribution is 2.33. The zero-order chi connectivity index (χ0) is 12.1. The fourth-order valence-electron chi connectivity index (χ4n) is 2.11. The second kappa shape index (κ2) is 6.64. The Bertz CT molecular complexity index is 334. The molecule has 0 amide bonds. The summed E-state index contributed by atoms with van der Waals surface area (Å²) >= 11 is 4.08. The van der Waals surface area contributed by atoms with Gasteiger partial charge in [0, 0.05) is 46.4 Å². The topological polar surface area (TPSA) is 50.9 Å². The molecular formula is C12H19N3S2. The van der Waals surface area contributed by atoms with Crippen molar-refractivity contribution in [2.45, 2.75) is 29.9 Å². The molecule has 3 N–H and O–H groups in total. The Morgan fingerprint density at radius 3 is 2.94 bits per heavy atom. The highest BCUT2D eigenvalue weighted by atomic mass is 32.2. The smallest absolute Gasteiger partial charge is 0.0420 e. The van der Waals surface area contributed by atoms with Crippen molar-refractivity contribution in [2.24, 2.45) is 5.84 Å². The third-order valence-electron chi connectivity index (χ3n) is 3.00.